The number of sulfone groups is 1. The van der Waals surface area contributed by atoms with Crippen LogP contribution in [0.1, 0.15) is 12.8 Å². The molecule has 2 aromatic carbocycles. The number of rotatable bonds is 9. The molecule has 174 valence electrons. The monoisotopic (exact) mass is 475 g/mol. The van der Waals surface area contributed by atoms with Crippen LogP contribution < -0.4 is 9.47 Å². The van der Waals surface area contributed by atoms with Crippen LogP contribution in [-0.2, 0) is 19.4 Å². The maximum Gasteiger partial charge on any atom is 0.573 e. The van der Waals surface area contributed by atoms with Crippen LogP contribution in [0.4, 0.5) is 13.2 Å². The van der Waals surface area contributed by atoms with Gasteiger partial charge in [-0.05, 0) is 61.4 Å². The number of halogens is 3. The van der Waals surface area contributed by atoms with Crippen molar-refractivity contribution in [1.82, 2.24) is 5.06 Å². The van der Waals surface area contributed by atoms with Crippen LogP contribution in [0.25, 0.3) is 0 Å². The van der Waals surface area contributed by atoms with Crippen molar-refractivity contribution < 1.29 is 45.8 Å². The third-order valence-corrected chi connectivity index (χ3v) is 6.48. The Kier molecular flexibility index (Phi) is 7.26. The van der Waals surface area contributed by atoms with E-state index in [0.29, 0.717) is 24.5 Å². The first kappa shape index (κ1) is 23.8. The number of alkyl halides is 3. The summed E-state index contributed by atoms with van der Waals surface area (Å²) in [5.41, 5.74) is 0. The van der Waals surface area contributed by atoms with Crippen molar-refractivity contribution in [2.75, 3.05) is 12.4 Å². The first-order valence-corrected chi connectivity index (χ1v) is 11.1. The standard InChI is InChI=1S/C20H20F3NO7S/c21-20(22,23)31-16-5-3-14(4-6-16)30-15-7-9-17(10-8-15)32(27,28)12-18(24(26)13-25)19-2-1-11-29-19/h3-10,13,18-19,26H,1-2,11-12H2/t18-,19-/m1/s1. The number of nitrogens with zero attached hydrogens (tertiary/aromatic N) is 1. The highest BCUT2D eigenvalue weighted by Crippen LogP contribution is 2.28. The van der Waals surface area contributed by atoms with E-state index in [1.54, 1.807) is 0 Å². The molecule has 1 amide bonds. The number of hydrogen-bond donors (Lipinski definition) is 1. The smallest absolute Gasteiger partial charge is 0.457 e. The molecular weight excluding hydrogens is 455 g/mol. The normalized spacial score (nSPS) is 17.6. The number of hydroxylamine groups is 2. The summed E-state index contributed by atoms with van der Waals surface area (Å²) in [5, 5.41) is 10.1. The zero-order chi connectivity index (χ0) is 23.4. The van der Waals surface area contributed by atoms with Crippen molar-refractivity contribution in [3.63, 3.8) is 0 Å². The fourth-order valence-electron chi connectivity index (χ4n) is 3.22. The van der Waals surface area contributed by atoms with Crippen LogP contribution in [-0.4, -0.2) is 56.0 Å². The lowest BCUT2D eigenvalue weighted by Gasteiger charge is -2.27. The van der Waals surface area contributed by atoms with E-state index >= 15 is 0 Å². The molecule has 8 nitrogen and oxygen atoms in total. The molecule has 1 aliphatic heterocycles. The van der Waals surface area contributed by atoms with E-state index in [1.807, 2.05) is 0 Å². The van der Waals surface area contributed by atoms with Crippen LogP contribution in [0.15, 0.2) is 53.4 Å². The molecule has 12 heteroatoms. The molecule has 0 radical (unpaired) electrons. The molecule has 1 heterocycles. The highest BCUT2D eigenvalue weighted by Gasteiger charge is 2.35. The highest BCUT2D eigenvalue weighted by atomic mass is 32.2. The van der Waals surface area contributed by atoms with Crippen molar-refractivity contribution in [3.8, 4) is 17.2 Å². The van der Waals surface area contributed by atoms with Gasteiger partial charge < -0.3 is 14.2 Å². The van der Waals surface area contributed by atoms with Crippen LogP contribution in [0, 0.1) is 0 Å². The van der Waals surface area contributed by atoms with Crippen LogP contribution in [0.3, 0.4) is 0 Å². The molecule has 0 bridgehead atoms. The Labute approximate surface area is 182 Å². The minimum atomic E-state index is -4.80. The van der Waals surface area contributed by atoms with Crippen molar-refractivity contribution in [2.24, 2.45) is 0 Å². The molecule has 0 spiro atoms. The summed E-state index contributed by atoms with van der Waals surface area (Å²) in [6, 6.07) is 9.01. The average Bonchev–Trinajstić information content (AvgIpc) is 3.27. The zero-order valence-electron chi connectivity index (χ0n) is 16.6. The number of carbonyl (C=O) groups is 1. The third kappa shape index (κ3) is 6.34. The Morgan fingerprint density at radius 2 is 1.66 bits per heavy atom. The van der Waals surface area contributed by atoms with Crippen LogP contribution in [0.5, 0.6) is 17.2 Å². The molecule has 1 N–H and O–H groups in total. The maximum absolute atomic E-state index is 12.8. The number of carbonyl (C=O) groups excluding carboxylic acids is 1. The predicted octanol–water partition coefficient (Wildman–Crippen LogP) is 3.55. The number of benzene rings is 2. The largest absolute Gasteiger partial charge is 0.573 e. The second-order valence-corrected chi connectivity index (χ2v) is 9.01. The molecule has 0 unspecified atom stereocenters. The van der Waals surface area contributed by atoms with Crippen LogP contribution >= 0.6 is 0 Å². The highest BCUT2D eigenvalue weighted by molar-refractivity contribution is 7.91. The molecule has 2 atom stereocenters. The molecule has 1 saturated heterocycles. The summed E-state index contributed by atoms with van der Waals surface area (Å²) in [6.45, 7) is 0.420. The van der Waals surface area contributed by atoms with E-state index in [-0.39, 0.29) is 22.8 Å². The van der Waals surface area contributed by atoms with Gasteiger partial charge in [0.05, 0.1) is 22.8 Å². The van der Waals surface area contributed by atoms with Gasteiger partial charge in [0.25, 0.3) is 0 Å². The Hall–Kier alpha value is -2.83. The van der Waals surface area contributed by atoms with Crippen molar-refractivity contribution in [2.45, 2.75) is 36.2 Å². The summed E-state index contributed by atoms with van der Waals surface area (Å²) in [6.07, 6.45) is -4.03. The minimum Gasteiger partial charge on any atom is -0.457 e. The number of ether oxygens (including phenoxy) is 3. The van der Waals surface area contributed by atoms with Gasteiger partial charge in [-0.3, -0.25) is 10.0 Å². The predicted molar refractivity (Wildman–Crippen MR) is 104 cm³/mol. The Morgan fingerprint density at radius 3 is 2.16 bits per heavy atom. The quantitative estimate of drug-likeness (QED) is 0.336. The lowest BCUT2D eigenvalue weighted by Crippen LogP contribution is -2.45. The first-order chi connectivity index (χ1) is 15.1. The summed E-state index contributed by atoms with van der Waals surface area (Å²) >= 11 is 0. The van der Waals surface area contributed by atoms with Crippen molar-refractivity contribution in [1.29, 1.82) is 0 Å². The van der Waals surface area contributed by atoms with Gasteiger partial charge in [0.15, 0.2) is 9.84 Å². The fourth-order valence-corrected chi connectivity index (χ4v) is 4.78. The van der Waals surface area contributed by atoms with Gasteiger partial charge in [-0.15, -0.1) is 13.2 Å². The molecule has 32 heavy (non-hydrogen) atoms. The lowest BCUT2D eigenvalue weighted by atomic mass is 10.1. The first-order valence-electron chi connectivity index (χ1n) is 9.48. The SMILES string of the molecule is O=CN(O)[C@H](CS(=O)(=O)c1ccc(Oc2ccc(OC(F)(F)F)cc2)cc1)[C@H]1CCCO1. The molecule has 2 aromatic rings. The number of hydrogen-bond acceptors (Lipinski definition) is 7. The zero-order valence-corrected chi connectivity index (χ0v) is 17.4. The molecular formula is C20H20F3NO7S. The maximum atomic E-state index is 12.8. The van der Waals surface area contributed by atoms with Crippen molar-refractivity contribution in [3.05, 3.63) is 48.5 Å². The van der Waals surface area contributed by atoms with E-state index in [9.17, 15) is 31.6 Å². The summed E-state index contributed by atoms with van der Waals surface area (Å²) < 4.78 is 76.9. The van der Waals surface area contributed by atoms with Gasteiger partial charge in [0.1, 0.15) is 17.2 Å². The van der Waals surface area contributed by atoms with Crippen LogP contribution in [0.2, 0.25) is 0 Å². The van der Waals surface area contributed by atoms with Gasteiger partial charge in [-0.2, -0.15) is 0 Å². The van der Waals surface area contributed by atoms with E-state index in [1.165, 1.54) is 36.4 Å². The van der Waals surface area contributed by atoms with E-state index in [4.69, 9.17) is 9.47 Å². The van der Waals surface area contributed by atoms with Crippen molar-refractivity contribution >= 4 is 16.2 Å². The van der Waals surface area contributed by atoms with E-state index in [2.05, 4.69) is 4.74 Å². The fraction of sp³-hybridized carbons (Fsp3) is 0.350. The topological polar surface area (TPSA) is 102 Å². The molecule has 0 saturated carbocycles. The Bertz CT molecular complexity index is 1000. The molecule has 1 aliphatic rings. The van der Waals surface area contributed by atoms with Gasteiger partial charge in [-0.1, -0.05) is 0 Å². The second kappa shape index (κ2) is 9.76. The number of amides is 1. The Morgan fingerprint density at radius 1 is 1.09 bits per heavy atom. The molecule has 3 rings (SSSR count). The van der Waals surface area contributed by atoms with Gasteiger partial charge >= 0.3 is 6.36 Å². The molecule has 1 fully saturated rings. The van der Waals surface area contributed by atoms with Gasteiger partial charge in [-0.25, -0.2) is 13.5 Å². The van der Waals surface area contributed by atoms with Gasteiger partial charge in [0.2, 0.25) is 6.41 Å². The summed E-state index contributed by atoms with van der Waals surface area (Å²) in [7, 11) is -3.88. The van der Waals surface area contributed by atoms with Gasteiger partial charge in [0, 0.05) is 6.61 Å². The average molecular weight is 475 g/mol. The third-order valence-electron chi connectivity index (χ3n) is 4.71. The molecule has 0 aliphatic carbocycles. The summed E-state index contributed by atoms with van der Waals surface area (Å²) in [4.78, 5) is 10.9. The van der Waals surface area contributed by atoms with E-state index < -0.39 is 39.8 Å². The minimum absolute atomic E-state index is 0.0546. The molecule has 0 aromatic heterocycles. The Balaban J connectivity index is 1.68. The summed E-state index contributed by atoms with van der Waals surface area (Å²) in [5.74, 6) is -0.468. The lowest BCUT2D eigenvalue weighted by molar-refractivity contribution is -0.274. The van der Waals surface area contributed by atoms with E-state index in [0.717, 1.165) is 12.1 Å². The second-order valence-electron chi connectivity index (χ2n) is 6.98.